The minimum absolute atomic E-state index is 0.0376. The van der Waals surface area contributed by atoms with E-state index in [0.717, 1.165) is 38.6 Å². The summed E-state index contributed by atoms with van der Waals surface area (Å²) in [4.78, 5) is 14.5. The van der Waals surface area contributed by atoms with E-state index in [-0.39, 0.29) is 5.91 Å². The van der Waals surface area contributed by atoms with Gasteiger partial charge in [-0.15, -0.1) is 6.42 Å². The smallest absolute Gasteiger partial charge is 0.235 e. The van der Waals surface area contributed by atoms with Crippen molar-refractivity contribution in [1.29, 1.82) is 0 Å². The van der Waals surface area contributed by atoms with Gasteiger partial charge < -0.3 is 11.1 Å². The Labute approximate surface area is 123 Å². The third-order valence-electron chi connectivity index (χ3n) is 4.46. The van der Waals surface area contributed by atoms with Crippen molar-refractivity contribution >= 4 is 5.91 Å². The second kappa shape index (κ2) is 8.28. The topological polar surface area (TPSA) is 58.4 Å². The number of piperidine rings is 1. The molecule has 0 bridgehead atoms. The number of terminal acetylenes is 1. The number of hydrogen-bond donors (Lipinski definition) is 2. The average molecular weight is 279 g/mol. The van der Waals surface area contributed by atoms with Gasteiger partial charge in [-0.2, -0.15) is 0 Å². The third-order valence-corrected chi connectivity index (χ3v) is 4.46. The molecule has 1 unspecified atom stereocenters. The van der Waals surface area contributed by atoms with Crippen molar-refractivity contribution in [2.24, 2.45) is 5.73 Å². The maximum atomic E-state index is 12.3. The first-order chi connectivity index (χ1) is 9.60. The Bertz CT molecular complexity index is 342. The lowest BCUT2D eigenvalue weighted by atomic mass is 9.93. The molecule has 1 rings (SSSR count). The van der Waals surface area contributed by atoms with E-state index in [1.165, 1.54) is 6.42 Å². The highest BCUT2D eigenvalue weighted by molar-refractivity contribution is 5.79. The van der Waals surface area contributed by atoms with Crippen LogP contribution in [-0.4, -0.2) is 42.0 Å². The first-order valence-electron chi connectivity index (χ1n) is 7.83. The molecule has 0 saturated carbocycles. The number of rotatable bonds is 7. The number of likely N-dealkylation sites (tertiary alicyclic amines) is 1. The van der Waals surface area contributed by atoms with Gasteiger partial charge in [-0.3, -0.25) is 9.69 Å². The van der Waals surface area contributed by atoms with Crippen LogP contribution in [0.4, 0.5) is 0 Å². The van der Waals surface area contributed by atoms with Crippen LogP contribution < -0.4 is 11.1 Å². The van der Waals surface area contributed by atoms with Crippen LogP contribution >= 0.6 is 0 Å². The van der Waals surface area contributed by atoms with Crippen LogP contribution in [0.3, 0.4) is 0 Å². The van der Waals surface area contributed by atoms with Crippen LogP contribution in [0.15, 0.2) is 0 Å². The molecule has 0 radical (unpaired) electrons. The lowest BCUT2D eigenvalue weighted by Crippen LogP contribution is -2.52. The van der Waals surface area contributed by atoms with E-state index in [1.807, 2.05) is 13.8 Å². The molecule has 1 saturated heterocycles. The maximum absolute atomic E-state index is 12.3. The normalized spacial score (nSPS) is 20.4. The highest BCUT2D eigenvalue weighted by Crippen LogP contribution is 2.19. The number of nitrogens with one attached hydrogen (secondary N) is 1. The lowest BCUT2D eigenvalue weighted by Gasteiger charge is -2.36. The quantitative estimate of drug-likeness (QED) is 0.694. The summed E-state index contributed by atoms with van der Waals surface area (Å²) >= 11 is 0. The van der Waals surface area contributed by atoms with Crippen LogP contribution in [0.1, 0.15) is 52.4 Å². The summed E-state index contributed by atoms with van der Waals surface area (Å²) in [5.74, 6) is 2.79. The highest BCUT2D eigenvalue weighted by Gasteiger charge is 2.28. The zero-order chi connectivity index (χ0) is 15.0. The van der Waals surface area contributed by atoms with Gasteiger partial charge in [-0.25, -0.2) is 0 Å². The van der Waals surface area contributed by atoms with Crippen LogP contribution in [0.2, 0.25) is 0 Å². The van der Waals surface area contributed by atoms with E-state index in [9.17, 15) is 4.79 Å². The number of nitrogens with two attached hydrogens (primary N) is 1. The SMILES string of the molecule is C#CC(CC)(CC)NC(=O)CN1CCCCC1CCN. The van der Waals surface area contributed by atoms with Gasteiger partial charge >= 0.3 is 0 Å². The van der Waals surface area contributed by atoms with E-state index in [4.69, 9.17) is 12.2 Å². The van der Waals surface area contributed by atoms with Gasteiger partial charge in [0.15, 0.2) is 0 Å². The third kappa shape index (κ3) is 4.50. The molecule has 0 aromatic carbocycles. The molecular weight excluding hydrogens is 250 g/mol. The first-order valence-corrected chi connectivity index (χ1v) is 7.83. The van der Waals surface area contributed by atoms with Crippen LogP contribution in [0.25, 0.3) is 0 Å². The van der Waals surface area contributed by atoms with Gasteiger partial charge in [-0.1, -0.05) is 26.2 Å². The Balaban J connectivity index is 2.58. The standard InChI is InChI=1S/C16H29N3O/c1-4-16(5-2,6-3)18-15(20)13-19-12-8-7-9-14(19)10-11-17/h1,14H,5-13,17H2,2-3H3,(H,18,20). The number of nitrogens with zero attached hydrogens (tertiary/aromatic N) is 1. The minimum atomic E-state index is -0.490. The van der Waals surface area contributed by atoms with Gasteiger partial charge in [0.1, 0.15) is 5.54 Å². The predicted molar refractivity (Wildman–Crippen MR) is 83.2 cm³/mol. The molecule has 1 fully saturated rings. The molecule has 0 aromatic heterocycles. The van der Waals surface area contributed by atoms with E-state index in [1.54, 1.807) is 0 Å². The molecule has 4 nitrogen and oxygen atoms in total. The molecule has 4 heteroatoms. The molecule has 1 atom stereocenters. The predicted octanol–water partition coefficient (Wildman–Crippen LogP) is 1.50. The molecule has 1 aliphatic rings. The van der Waals surface area contributed by atoms with E-state index >= 15 is 0 Å². The van der Waals surface area contributed by atoms with Gasteiger partial charge in [0.05, 0.1) is 6.54 Å². The summed E-state index contributed by atoms with van der Waals surface area (Å²) in [6.07, 6.45) is 11.6. The molecule has 114 valence electrons. The first kappa shape index (κ1) is 17.0. The fourth-order valence-electron chi connectivity index (χ4n) is 2.95. The summed E-state index contributed by atoms with van der Waals surface area (Å²) in [7, 11) is 0. The van der Waals surface area contributed by atoms with Crippen molar-refractivity contribution in [2.45, 2.75) is 64.0 Å². The fraction of sp³-hybridized carbons (Fsp3) is 0.812. The van der Waals surface area contributed by atoms with Crippen LogP contribution in [0.5, 0.6) is 0 Å². The Morgan fingerprint density at radius 3 is 2.70 bits per heavy atom. The fourth-order valence-corrected chi connectivity index (χ4v) is 2.95. The summed E-state index contributed by atoms with van der Waals surface area (Å²) < 4.78 is 0. The lowest BCUT2D eigenvalue weighted by molar-refractivity contribution is -0.124. The van der Waals surface area contributed by atoms with Gasteiger partial charge in [-0.05, 0) is 45.2 Å². The molecule has 1 heterocycles. The van der Waals surface area contributed by atoms with E-state index in [0.29, 0.717) is 19.1 Å². The van der Waals surface area contributed by atoms with E-state index in [2.05, 4.69) is 16.1 Å². The Morgan fingerprint density at radius 2 is 2.15 bits per heavy atom. The maximum Gasteiger partial charge on any atom is 0.235 e. The van der Waals surface area contributed by atoms with Crippen molar-refractivity contribution in [1.82, 2.24) is 10.2 Å². The van der Waals surface area contributed by atoms with Crippen molar-refractivity contribution in [3.63, 3.8) is 0 Å². The van der Waals surface area contributed by atoms with E-state index < -0.39 is 5.54 Å². The number of hydrogen-bond acceptors (Lipinski definition) is 3. The number of carbonyl (C=O) groups is 1. The second-order valence-corrected chi connectivity index (χ2v) is 5.68. The molecule has 0 spiro atoms. The van der Waals surface area contributed by atoms with Gasteiger partial charge in [0.2, 0.25) is 5.91 Å². The summed E-state index contributed by atoms with van der Waals surface area (Å²) in [5.41, 5.74) is 5.18. The Hall–Kier alpha value is -1.05. The largest absolute Gasteiger partial charge is 0.339 e. The van der Waals surface area contributed by atoms with Crippen molar-refractivity contribution in [3.8, 4) is 12.3 Å². The van der Waals surface area contributed by atoms with Crippen molar-refractivity contribution < 1.29 is 4.79 Å². The average Bonchev–Trinajstić information content (AvgIpc) is 2.47. The van der Waals surface area contributed by atoms with Crippen molar-refractivity contribution in [3.05, 3.63) is 0 Å². The summed E-state index contributed by atoms with van der Waals surface area (Å²) in [6.45, 7) is 6.14. The second-order valence-electron chi connectivity index (χ2n) is 5.68. The molecule has 0 aromatic rings. The molecule has 3 N–H and O–H groups in total. The van der Waals surface area contributed by atoms with Gasteiger partial charge in [0.25, 0.3) is 0 Å². The molecule has 1 aliphatic heterocycles. The summed E-state index contributed by atoms with van der Waals surface area (Å²) in [5, 5.41) is 3.04. The molecule has 20 heavy (non-hydrogen) atoms. The Morgan fingerprint density at radius 1 is 1.45 bits per heavy atom. The van der Waals surface area contributed by atoms with Crippen LogP contribution in [0, 0.1) is 12.3 Å². The minimum Gasteiger partial charge on any atom is -0.339 e. The number of amides is 1. The number of carbonyl (C=O) groups excluding carboxylic acids is 1. The summed E-state index contributed by atoms with van der Waals surface area (Å²) in [6, 6.07) is 0.447. The van der Waals surface area contributed by atoms with Crippen molar-refractivity contribution in [2.75, 3.05) is 19.6 Å². The molecule has 0 aliphatic carbocycles. The monoisotopic (exact) mass is 279 g/mol. The zero-order valence-corrected chi connectivity index (χ0v) is 13.0. The zero-order valence-electron chi connectivity index (χ0n) is 13.0. The molecular formula is C16H29N3O. The molecule has 1 amide bonds. The van der Waals surface area contributed by atoms with Crippen LogP contribution in [-0.2, 0) is 4.79 Å². The highest BCUT2D eigenvalue weighted by atomic mass is 16.2. The Kier molecular flexibility index (Phi) is 7.04. The van der Waals surface area contributed by atoms with Gasteiger partial charge in [0, 0.05) is 6.04 Å².